The van der Waals surface area contributed by atoms with Crippen LogP contribution in [0.1, 0.15) is 30.4 Å². The summed E-state index contributed by atoms with van der Waals surface area (Å²) >= 11 is 0. The van der Waals surface area contributed by atoms with Gasteiger partial charge in [0.15, 0.2) is 0 Å². The monoisotopic (exact) mass is 343 g/mol. The first-order valence-corrected chi connectivity index (χ1v) is 9.03. The Morgan fingerprint density at radius 2 is 1.96 bits per heavy atom. The third-order valence-corrected chi connectivity index (χ3v) is 6.19. The maximum absolute atomic E-state index is 13.3. The van der Waals surface area contributed by atoms with E-state index >= 15 is 0 Å². The molecule has 2 aliphatic heterocycles. The zero-order valence-electron chi connectivity index (χ0n) is 14.6. The number of nitrogens with zero attached hydrogens (tertiary/aromatic N) is 2. The number of nitrogens with one attached hydrogen (secondary N) is 1. The van der Waals surface area contributed by atoms with Gasteiger partial charge in [0.2, 0.25) is 11.8 Å². The van der Waals surface area contributed by atoms with Crippen LogP contribution >= 0.6 is 0 Å². The van der Waals surface area contributed by atoms with E-state index in [1.54, 1.807) is 5.48 Å². The first-order valence-electron chi connectivity index (χ1n) is 9.03. The van der Waals surface area contributed by atoms with Gasteiger partial charge >= 0.3 is 0 Å². The van der Waals surface area contributed by atoms with Gasteiger partial charge in [-0.25, -0.2) is 5.48 Å². The standard InChI is InChI=1S/C19H25N3O3/c1-21-12-19(7-8-19)10-15(17(23)20-25)16(21)18(24)22-9-6-13-4-2-3-5-14(13)11-22/h2-5,15-16,25H,6-12H2,1H3,(H,20,23). The summed E-state index contributed by atoms with van der Waals surface area (Å²) in [6, 6.07) is 7.71. The minimum Gasteiger partial charge on any atom is -0.337 e. The second kappa shape index (κ2) is 6.11. The summed E-state index contributed by atoms with van der Waals surface area (Å²) in [5.41, 5.74) is 4.43. The number of rotatable bonds is 2. The highest BCUT2D eigenvalue weighted by molar-refractivity contribution is 5.90. The molecule has 134 valence electrons. The fourth-order valence-electron chi connectivity index (χ4n) is 4.67. The lowest BCUT2D eigenvalue weighted by Crippen LogP contribution is -2.59. The van der Waals surface area contributed by atoms with Crippen LogP contribution in [0.5, 0.6) is 0 Å². The predicted octanol–water partition coefficient (Wildman–Crippen LogP) is 1.18. The minimum atomic E-state index is -0.497. The molecule has 1 aromatic carbocycles. The third-order valence-electron chi connectivity index (χ3n) is 6.19. The first kappa shape index (κ1) is 16.5. The van der Waals surface area contributed by atoms with Gasteiger partial charge in [0, 0.05) is 19.6 Å². The molecule has 3 aliphatic rings. The normalized spacial score (nSPS) is 27.7. The molecule has 2 N–H and O–H groups in total. The molecule has 1 aliphatic carbocycles. The average Bonchev–Trinajstić information content (AvgIpc) is 3.37. The molecule has 6 heteroatoms. The van der Waals surface area contributed by atoms with Gasteiger partial charge in [0.05, 0.1) is 5.92 Å². The van der Waals surface area contributed by atoms with Crippen LogP contribution in [0.15, 0.2) is 24.3 Å². The van der Waals surface area contributed by atoms with Crippen molar-refractivity contribution in [1.82, 2.24) is 15.3 Å². The van der Waals surface area contributed by atoms with Crippen molar-refractivity contribution < 1.29 is 14.8 Å². The van der Waals surface area contributed by atoms with Gasteiger partial charge in [-0.2, -0.15) is 0 Å². The van der Waals surface area contributed by atoms with Gasteiger partial charge in [-0.1, -0.05) is 24.3 Å². The quantitative estimate of drug-likeness (QED) is 0.625. The Labute approximate surface area is 147 Å². The Kier molecular flexibility index (Phi) is 4.04. The summed E-state index contributed by atoms with van der Waals surface area (Å²) in [5, 5.41) is 9.16. The van der Waals surface area contributed by atoms with E-state index in [0.29, 0.717) is 19.5 Å². The minimum absolute atomic E-state index is 0.00102. The Morgan fingerprint density at radius 3 is 2.64 bits per heavy atom. The summed E-state index contributed by atoms with van der Waals surface area (Å²) in [5.74, 6) is -0.925. The summed E-state index contributed by atoms with van der Waals surface area (Å²) in [6.07, 6.45) is 3.73. The van der Waals surface area contributed by atoms with Crippen LogP contribution in [0, 0.1) is 11.3 Å². The molecule has 1 aromatic rings. The van der Waals surface area contributed by atoms with Crippen molar-refractivity contribution in [1.29, 1.82) is 0 Å². The average molecular weight is 343 g/mol. The molecule has 2 fully saturated rings. The van der Waals surface area contributed by atoms with Crippen molar-refractivity contribution in [2.45, 2.75) is 38.3 Å². The predicted molar refractivity (Wildman–Crippen MR) is 91.7 cm³/mol. The second-order valence-corrected chi connectivity index (χ2v) is 7.93. The molecule has 6 nitrogen and oxygen atoms in total. The number of piperidine rings is 1. The highest BCUT2D eigenvalue weighted by atomic mass is 16.5. The zero-order valence-corrected chi connectivity index (χ0v) is 14.6. The van der Waals surface area contributed by atoms with Crippen molar-refractivity contribution in [2.24, 2.45) is 11.3 Å². The molecule has 4 rings (SSSR count). The van der Waals surface area contributed by atoms with E-state index in [1.807, 2.05) is 29.0 Å². The Balaban J connectivity index is 1.56. The van der Waals surface area contributed by atoms with Crippen molar-refractivity contribution in [3.63, 3.8) is 0 Å². The number of hydroxylamine groups is 1. The molecule has 2 heterocycles. The molecule has 0 radical (unpaired) electrons. The van der Waals surface area contributed by atoms with E-state index in [2.05, 4.69) is 12.1 Å². The lowest BCUT2D eigenvalue weighted by molar-refractivity contribution is -0.151. The number of fused-ring (bicyclic) bond motifs is 1. The largest absolute Gasteiger partial charge is 0.337 e. The number of carbonyl (C=O) groups excluding carboxylic acids is 2. The lowest BCUT2D eigenvalue weighted by Gasteiger charge is -2.44. The zero-order chi connectivity index (χ0) is 17.6. The first-order chi connectivity index (χ1) is 12.0. The van der Waals surface area contributed by atoms with Gasteiger partial charge in [-0.15, -0.1) is 0 Å². The number of amides is 2. The van der Waals surface area contributed by atoms with E-state index < -0.39 is 17.9 Å². The highest BCUT2D eigenvalue weighted by Crippen LogP contribution is 2.54. The van der Waals surface area contributed by atoms with Crippen LogP contribution in [-0.4, -0.2) is 53.0 Å². The molecule has 1 saturated carbocycles. The molecule has 1 spiro atoms. The van der Waals surface area contributed by atoms with Gasteiger partial charge in [0.25, 0.3) is 0 Å². The molecule has 2 unspecified atom stereocenters. The molecule has 0 aromatic heterocycles. The van der Waals surface area contributed by atoms with E-state index in [-0.39, 0.29) is 11.3 Å². The number of hydrogen-bond donors (Lipinski definition) is 2. The van der Waals surface area contributed by atoms with Crippen molar-refractivity contribution in [2.75, 3.05) is 20.1 Å². The number of carbonyl (C=O) groups is 2. The van der Waals surface area contributed by atoms with Crippen molar-refractivity contribution in [3.8, 4) is 0 Å². The molecular formula is C19H25N3O3. The SMILES string of the molecule is CN1CC2(CC2)CC(C(=O)NO)C1C(=O)N1CCc2ccccc2C1. The van der Waals surface area contributed by atoms with E-state index in [9.17, 15) is 9.59 Å². The molecule has 0 bridgehead atoms. The molecular weight excluding hydrogens is 318 g/mol. The molecule has 2 atom stereocenters. The number of likely N-dealkylation sites (N-methyl/N-ethyl adjacent to an activating group) is 1. The van der Waals surface area contributed by atoms with Crippen LogP contribution in [-0.2, 0) is 22.6 Å². The molecule has 25 heavy (non-hydrogen) atoms. The third kappa shape index (κ3) is 2.93. The van der Waals surface area contributed by atoms with Crippen LogP contribution in [0.2, 0.25) is 0 Å². The van der Waals surface area contributed by atoms with Gasteiger partial charge in [0.1, 0.15) is 6.04 Å². The maximum Gasteiger partial charge on any atom is 0.248 e. The summed E-state index contributed by atoms with van der Waals surface area (Å²) in [6.45, 7) is 2.12. The lowest BCUT2D eigenvalue weighted by atomic mass is 9.80. The van der Waals surface area contributed by atoms with Crippen LogP contribution in [0.3, 0.4) is 0 Å². The maximum atomic E-state index is 13.3. The van der Waals surface area contributed by atoms with Gasteiger partial charge < -0.3 is 4.90 Å². The summed E-state index contributed by atoms with van der Waals surface area (Å²) in [4.78, 5) is 29.4. The van der Waals surface area contributed by atoms with Gasteiger partial charge in [-0.05, 0) is 49.3 Å². The molecule has 1 saturated heterocycles. The number of hydrogen-bond acceptors (Lipinski definition) is 4. The smallest absolute Gasteiger partial charge is 0.248 e. The summed E-state index contributed by atoms with van der Waals surface area (Å²) in [7, 11) is 1.93. The van der Waals surface area contributed by atoms with Crippen LogP contribution in [0.4, 0.5) is 0 Å². The van der Waals surface area contributed by atoms with E-state index in [1.165, 1.54) is 11.1 Å². The van der Waals surface area contributed by atoms with Crippen molar-refractivity contribution >= 4 is 11.8 Å². The van der Waals surface area contributed by atoms with Crippen LogP contribution in [0.25, 0.3) is 0 Å². The second-order valence-electron chi connectivity index (χ2n) is 7.93. The van der Waals surface area contributed by atoms with Crippen molar-refractivity contribution in [3.05, 3.63) is 35.4 Å². The van der Waals surface area contributed by atoms with Gasteiger partial charge in [-0.3, -0.25) is 19.7 Å². The fourth-order valence-corrected chi connectivity index (χ4v) is 4.67. The highest BCUT2D eigenvalue weighted by Gasteiger charge is 2.55. The Hall–Kier alpha value is -1.92. The number of likely N-dealkylation sites (tertiary alicyclic amines) is 1. The Morgan fingerprint density at radius 1 is 1.24 bits per heavy atom. The van der Waals surface area contributed by atoms with E-state index in [4.69, 9.17) is 5.21 Å². The topological polar surface area (TPSA) is 72.9 Å². The summed E-state index contributed by atoms with van der Waals surface area (Å²) < 4.78 is 0. The fraction of sp³-hybridized carbons (Fsp3) is 0.579. The molecule has 2 amide bonds. The number of benzene rings is 1. The van der Waals surface area contributed by atoms with E-state index in [0.717, 1.165) is 25.8 Å². The van der Waals surface area contributed by atoms with Crippen LogP contribution < -0.4 is 5.48 Å². The Bertz CT molecular complexity index is 701.